The van der Waals surface area contributed by atoms with Gasteiger partial charge in [0.25, 0.3) is 0 Å². The van der Waals surface area contributed by atoms with Crippen LogP contribution in [-0.2, 0) is 4.74 Å². The molecule has 0 spiro atoms. The molecule has 0 saturated carbocycles. The van der Waals surface area contributed by atoms with Crippen LogP contribution in [0, 0.1) is 0 Å². The molecule has 0 radical (unpaired) electrons. The van der Waals surface area contributed by atoms with Gasteiger partial charge in [0.15, 0.2) is 5.78 Å². The summed E-state index contributed by atoms with van der Waals surface area (Å²) >= 11 is 0. The summed E-state index contributed by atoms with van der Waals surface area (Å²) in [6, 6.07) is 4.50. The van der Waals surface area contributed by atoms with Crippen molar-refractivity contribution in [2.45, 2.75) is 31.4 Å². The second-order valence-corrected chi connectivity index (χ2v) is 4.97. The van der Waals surface area contributed by atoms with Crippen molar-refractivity contribution in [3.63, 3.8) is 0 Å². The highest BCUT2D eigenvalue weighted by Gasteiger charge is 2.35. The van der Waals surface area contributed by atoms with Crippen LogP contribution < -0.4 is 5.32 Å². The maximum atomic E-state index is 12.3. The number of nitrogens with one attached hydrogen (secondary N) is 1. The summed E-state index contributed by atoms with van der Waals surface area (Å²) in [5.41, 5.74) is 0.996. The van der Waals surface area contributed by atoms with Crippen molar-refractivity contribution >= 4 is 17.4 Å². The molecular weight excluding hydrogens is 246 g/mol. The minimum Gasteiger partial charge on any atom is -0.478 e. The first-order valence-electron chi connectivity index (χ1n) is 6.45. The van der Waals surface area contributed by atoms with E-state index in [2.05, 4.69) is 5.32 Å². The average molecular weight is 261 g/mol. The number of carbonyl (C=O) groups is 2. The monoisotopic (exact) mass is 261 g/mol. The number of hydrogen-bond acceptors (Lipinski definition) is 4. The molecule has 0 aliphatic carbocycles. The van der Waals surface area contributed by atoms with Gasteiger partial charge in [-0.3, -0.25) is 4.79 Å². The summed E-state index contributed by atoms with van der Waals surface area (Å²) in [7, 11) is 0. The molecule has 5 nitrogen and oxygen atoms in total. The quantitative estimate of drug-likeness (QED) is 0.869. The van der Waals surface area contributed by atoms with Crippen LogP contribution in [0.2, 0.25) is 0 Å². The van der Waals surface area contributed by atoms with Gasteiger partial charge in [-0.05, 0) is 25.0 Å². The van der Waals surface area contributed by atoms with Crippen LogP contribution in [0.1, 0.15) is 40.0 Å². The van der Waals surface area contributed by atoms with Gasteiger partial charge >= 0.3 is 5.97 Å². The SMILES string of the molecule is O=C(O)c1cccc2c1C(=O)[C@H](C[C@H]1CCCO1)N2. The second-order valence-electron chi connectivity index (χ2n) is 4.97. The second kappa shape index (κ2) is 4.66. The fourth-order valence-corrected chi connectivity index (χ4v) is 2.80. The molecule has 3 rings (SSSR count). The smallest absolute Gasteiger partial charge is 0.336 e. The molecule has 1 fully saturated rings. The van der Waals surface area contributed by atoms with Crippen LogP contribution in [0.4, 0.5) is 5.69 Å². The molecule has 2 aliphatic rings. The first kappa shape index (κ1) is 12.2. The van der Waals surface area contributed by atoms with Crippen LogP contribution in [0.5, 0.6) is 0 Å². The van der Waals surface area contributed by atoms with Gasteiger partial charge in [0.2, 0.25) is 0 Å². The Bertz CT molecular complexity index is 534. The van der Waals surface area contributed by atoms with Crippen LogP contribution >= 0.6 is 0 Å². The number of carbonyl (C=O) groups excluding carboxylic acids is 1. The Morgan fingerprint density at radius 1 is 1.47 bits per heavy atom. The van der Waals surface area contributed by atoms with E-state index in [0.29, 0.717) is 17.7 Å². The summed E-state index contributed by atoms with van der Waals surface area (Å²) in [5.74, 6) is -1.20. The highest BCUT2D eigenvalue weighted by atomic mass is 16.5. The summed E-state index contributed by atoms with van der Waals surface area (Å²) < 4.78 is 5.53. The van der Waals surface area contributed by atoms with Gasteiger partial charge in [-0.1, -0.05) is 6.07 Å². The summed E-state index contributed by atoms with van der Waals surface area (Å²) in [6.07, 6.45) is 2.70. The molecule has 100 valence electrons. The lowest BCUT2D eigenvalue weighted by molar-refractivity contribution is 0.0691. The van der Waals surface area contributed by atoms with Gasteiger partial charge < -0.3 is 15.2 Å². The van der Waals surface area contributed by atoms with Crippen molar-refractivity contribution in [1.29, 1.82) is 0 Å². The normalized spacial score (nSPS) is 25.2. The van der Waals surface area contributed by atoms with E-state index in [4.69, 9.17) is 9.84 Å². The fourth-order valence-electron chi connectivity index (χ4n) is 2.80. The number of fused-ring (bicyclic) bond motifs is 1. The van der Waals surface area contributed by atoms with Gasteiger partial charge in [-0.15, -0.1) is 0 Å². The van der Waals surface area contributed by atoms with E-state index >= 15 is 0 Å². The molecule has 2 aliphatic heterocycles. The maximum Gasteiger partial charge on any atom is 0.336 e. The number of Topliss-reactive ketones (excluding diaryl/α,β-unsaturated/α-hetero) is 1. The van der Waals surface area contributed by atoms with E-state index < -0.39 is 5.97 Å². The number of anilines is 1. The molecule has 2 N–H and O–H groups in total. The van der Waals surface area contributed by atoms with Crippen molar-refractivity contribution < 1.29 is 19.4 Å². The standard InChI is InChI=1S/C14H15NO4/c16-13-11(7-8-3-2-6-19-8)15-10-5-1-4-9(12(10)13)14(17)18/h1,4-5,8,11,15H,2-3,6-7H2,(H,17,18)/t8-,11+/m1/s1. The average Bonchev–Trinajstić information content (AvgIpc) is 2.99. The molecule has 19 heavy (non-hydrogen) atoms. The minimum atomic E-state index is -1.07. The zero-order valence-corrected chi connectivity index (χ0v) is 10.4. The van der Waals surface area contributed by atoms with Crippen LogP contribution in [0.25, 0.3) is 0 Å². The summed E-state index contributed by atoms with van der Waals surface area (Å²) in [4.78, 5) is 23.5. The third kappa shape index (κ3) is 2.10. The topological polar surface area (TPSA) is 75.6 Å². The Kier molecular flexibility index (Phi) is 2.98. The number of carboxylic acids is 1. The fraction of sp³-hybridized carbons (Fsp3) is 0.429. The molecule has 0 amide bonds. The van der Waals surface area contributed by atoms with Crippen molar-refractivity contribution in [3.05, 3.63) is 29.3 Å². The van der Waals surface area contributed by atoms with Gasteiger partial charge in [0.1, 0.15) is 0 Å². The predicted molar refractivity (Wildman–Crippen MR) is 68.7 cm³/mol. The molecule has 2 heterocycles. The largest absolute Gasteiger partial charge is 0.478 e. The van der Waals surface area contributed by atoms with E-state index in [0.717, 1.165) is 19.4 Å². The van der Waals surface area contributed by atoms with E-state index in [1.165, 1.54) is 6.07 Å². The lowest BCUT2D eigenvalue weighted by atomic mass is 9.98. The van der Waals surface area contributed by atoms with E-state index in [-0.39, 0.29) is 23.5 Å². The Labute approximate surface area is 110 Å². The molecule has 1 aromatic carbocycles. The highest BCUT2D eigenvalue weighted by Crippen LogP contribution is 2.32. The minimum absolute atomic E-state index is 0.0739. The van der Waals surface area contributed by atoms with Crippen molar-refractivity contribution in [1.82, 2.24) is 0 Å². The van der Waals surface area contributed by atoms with E-state index in [1.807, 2.05) is 0 Å². The van der Waals surface area contributed by atoms with Crippen molar-refractivity contribution in [2.75, 3.05) is 11.9 Å². The number of aromatic carboxylic acids is 1. The first-order chi connectivity index (χ1) is 9.16. The predicted octanol–water partition coefficient (Wildman–Crippen LogP) is 1.93. The van der Waals surface area contributed by atoms with Crippen molar-refractivity contribution in [3.8, 4) is 0 Å². The molecule has 1 aromatic rings. The maximum absolute atomic E-state index is 12.3. The van der Waals surface area contributed by atoms with Gasteiger partial charge in [0, 0.05) is 18.7 Å². The third-order valence-electron chi connectivity index (χ3n) is 3.71. The van der Waals surface area contributed by atoms with Gasteiger partial charge in [-0.2, -0.15) is 0 Å². The molecule has 2 atom stereocenters. The Morgan fingerprint density at radius 2 is 2.32 bits per heavy atom. The number of ether oxygens (including phenoxy) is 1. The number of hydrogen-bond donors (Lipinski definition) is 2. The van der Waals surface area contributed by atoms with E-state index in [9.17, 15) is 9.59 Å². The Morgan fingerprint density at radius 3 is 3.00 bits per heavy atom. The van der Waals surface area contributed by atoms with Crippen LogP contribution in [0.3, 0.4) is 0 Å². The van der Waals surface area contributed by atoms with Crippen LogP contribution in [-0.4, -0.2) is 35.6 Å². The van der Waals surface area contributed by atoms with Crippen LogP contribution in [0.15, 0.2) is 18.2 Å². The molecule has 5 heteroatoms. The summed E-state index contributed by atoms with van der Waals surface area (Å²) in [6.45, 7) is 0.749. The van der Waals surface area contributed by atoms with Crippen molar-refractivity contribution in [2.24, 2.45) is 0 Å². The number of rotatable bonds is 3. The molecule has 0 bridgehead atoms. The zero-order chi connectivity index (χ0) is 13.4. The summed E-state index contributed by atoms with van der Waals surface area (Å²) in [5, 5.41) is 12.2. The van der Waals surface area contributed by atoms with Gasteiger partial charge in [0.05, 0.1) is 23.3 Å². The number of ketones is 1. The Hall–Kier alpha value is -1.88. The highest BCUT2D eigenvalue weighted by molar-refractivity contribution is 6.16. The number of carboxylic acid groups (broad SMARTS) is 1. The third-order valence-corrected chi connectivity index (χ3v) is 3.71. The zero-order valence-electron chi connectivity index (χ0n) is 10.4. The molecule has 0 unspecified atom stereocenters. The Balaban J connectivity index is 1.85. The molecular formula is C14H15NO4. The number of benzene rings is 1. The molecule has 1 saturated heterocycles. The lowest BCUT2D eigenvalue weighted by Crippen LogP contribution is -2.28. The first-order valence-corrected chi connectivity index (χ1v) is 6.45. The van der Waals surface area contributed by atoms with Gasteiger partial charge in [-0.25, -0.2) is 4.79 Å². The molecule has 0 aromatic heterocycles. The lowest BCUT2D eigenvalue weighted by Gasteiger charge is -2.14. The van der Waals surface area contributed by atoms with E-state index in [1.54, 1.807) is 12.1 Å².